The van der Waals surface area contributed by atoms with Gasteiger partial charge in [0.05, 0.1) is 24.3 Å². The molecule has 1 saturated carbocycles. The molecule has 172 valence electrons. The normalized spacial score (nSPS) is 20.9. The Hall–Kier alpha value is -2.71. The first-order valence-electron chi connectivity index (χ1n) is 11.0. The van der Waals surface area contributed by atoms with Gasteiger partial charge in [-0.25, -0.2) is 4.98 Å². The number of rotatable bonds is 7. The van der Waals surface area contributed by atoms with Crippen molar-refractivity contribution in [1.29, 1.82) is 0 Å². The van der Waals surface area contributed by atoms with E-state index in [1.807, 2.05) is 19.1 Å². The summed E-state index contributed by atoms with van der Waals surface area (Å²) >= 11 is 0. The summed E-state index contributed by atoms with van der Waals surface area (Å²) in [6, 6.07) is 6.47. The van der Waals surface area contributed by atoms with Crippen LogP contribution in [-0.4, -0.2) is 52.3 Å². The second kappa shape index (κ2) is 8.33. The van der Waals surface area contributed by atoms with Gasteiger partial charge in [0.25, 0.3) is 5.89 Å². The zero-order valence-electron chi connectivity index (χ0n) is 19.7. The molecule has 1 aliphatic rings. The maximum atomic E-state index is 10.3. The first-order valence-corrected chi connectivity index (χ1v) is 11.0. The Labute approximate surface area is 188 Å². The summed E-state index contributed by atoms with van der Waals surface area (Å²) < 4.78 is 16.7. The number of methoxy groups -OCH3 is 1. The average molecular weight is 441 g/mol. The van der Waals surface area contributed by atoms with Gasteiger partial charge >= 0.3 is 6.01 Å². The van der Waals surface area contributed by atoms with Gasteiger partial charge < -0.3 is 24.3 Å². The van der Waals surface area contributed by atoms with Gasteiger partial charge in [-0.05, 0) is 61.4 Å². The van der Waals surface area contributed by atoms with Crippen LogP contribution >= 0.6 is 0 Å². The molecule has 2 heterocycles. The summed E-state index contributed by atoms with van der Waals surface area (Å²) in [7, 11) is 1.59. The van der Waals surface area contributed by atoms with Crippen LogP contribution in [0.5, 0.6) is 5.75 Å². The first-order chi connectivity index (χ1) is 15.1. The van der Waals surface area contributed by atoms with Crippen LogP contribution in [-0.2, 0) is 10.2 Å². The van der Waals surface area contributed by atoms with E-state index in [9.17, 15) is 5.11 Å². The molecule has 2 N–H and O–H groups in total. The number of nitrogens with zero attached hydrogens (tertiary/aromatic N) is 3. The van der Waals surface area contributed by atoms with Crippen LogP contribution in [0.15, 0.2) is 22.6 Å². The molecule has 0 aliphatic heterocycles. The van der Waals surface area contributed by atoms with Crippen molar-refractivity contribution in [2.45, 2.75) is 64.5 Å². The number of anilines is 1. The lowest BCUT2D eigenvalue weighted by molar-refractivity contribution is -0.0914. The summed E-state index contributed by atoms with van der Waals surface area (Å²) in [5, 5.41) is 22.8. The van der Waals surface area contributed by atoms with E-state index >= 15 is 0 Å². The van der Waals surface area contributed by atoms with Crippen molar-refractivity contribution in [2.75, 3.05) is 25.6 Å². The Morgan fingerprint density at radius 1 is 1.22 bits per heavy atom. The molecule has 1 aliphatic carbocycles. The highest BCUT2D eigenvalue weighted by atomic mass is 16.5. The molecular formula is C24H32N4O4. The van der Waals surface area contributed by atoms with E-state index in [0.717, 1.165) is 27.8 Å². The number of benzene rings is 1. The van der Waals surface area contributed by atoms with Crippen molar-refractivity contribution in [2.24, 2.45) is 0 Å². The van der Waals surface area contributed by atoms with Gasteiger partial charge in [-0.15, -0.1) is 5.10 Å². The van der Waals surface area contributed by atoms with E-state index in [0.29, 0.717) is 43.7 Å². The smallest absolute Gasteiger partial charge is 0.316 e. The van der Waals surface area contributed by atoms with Gasteiger partial charge in [0.2, 0.25) is 0 Å². The predicted octanol–water partition coefficient (Wildman–Crippen LogP) is 4.24. The van der Waals surface area contributed by atoms with Crippen molar-refractivity contribution in [1.82, 2.24) is 15.2 Å². The number of hydrogen-bond acceptors (Lipinski definition) is 8. The van der Waals surface area contributed by atoms with Crippen molar-refractivity contribution in [3.05, 3.63) is 29.3 Å². The van der Waals surface area contributed by atoms with E-state index < -0.39 is 5.60 Å². The van der Waals surface area contributed by atoms with Crippen LogP contribution < -0.4 is 10.1 Å². The highest BCUT2D eigenvalue weighted by Crippen LogP contribution is 2.37. The number of hydrogen-bond donors (Lipinski definition) is 2. The molecule has 8 nitrogen and oxygen atoms in total. The summed E-state index contributed by atoms with van der Waals surface area (Å²) in [6.07, 6.45) is 1.14. The minimum atomic E-state index is -0.782. The number of pyridine rings is 1. The maximum absolute atomic E-state index is 10.3. The Balaban J connectivity index is 1.64. The van der Waals surface area contributed by atoms with Crippen molar-refractivity contribution in [3.8, 4) is 17.3 Å². The second-order valence-electron chi connectivity index (χ2n) is 9.69. The van der Waals surface area contributed by atoms with Crippen LogP contribution in [0, 0.1) is 6.92 Å². The Kier molecular flexibility index (Phi) is 5.85. The number of aliphatic hydroxyl groups is 1. The Bertz CT molecular complexity index is 1110. The van der Waals surface area contributed by atoms with Gasteiger partial charge in [0.15, 0.2) is 0 Å². The zero-order valence-corrected chi connectivity index (χ0v) is 19.7. The third kappa shape index (κ3) is 4.42. The molecule has 1 fully saturated rings. The largest absolute Gasteiger partial charge is 0.494 e. The molecule has 8 heteroatoms. The van der Waals surface area contributed by atoms with Crippen LogP contribution in [0.4, 0.5) is 6.01 Å². The highest BCUT2D eigenvalue weighted by Gasteiger charge is 2.43. The van der Waals surface area contributed by atoms with Crippen molar-refractivity contribution < 1.29 is 19.0 Å². The van der Waals surface area contributed by atoms with E-state index in [1.54, 1.807) is 7.11 Å². The van der Waals surface area contributed by atoms with Gasteiger partial charge in [0, 0.05) is 18.5 Å². The number of nitrogens with one attached hydrogen (secondary N) is 1. The lowest BCUT2D eigenvalue weighted by atomic mass is 9.76. The van der Waals surface area contributed by atoms with Crippen LogP contribution in [0.25, 0.3) is 22.5 Å². The first kappa shape index (κ1) is 22.5. The lowest BCUT2D eigenvalue weighted by Crippen LogP contribution is -2.53. The predicted molar refractivity (Wildman–Crippen MR) is 123 cm³/mol. The molecule has 0 atom stereocenters. The molecule has 4 rings (SSSR count). The van der Waals surface area contributed by atoms with Gasteiger partial charge in [0.1, 0.15) is 11.4 Å². The molecule has 2 aromatic heterocycles. The van der Waals surface area contributed by atoms with E-state index in [1.165, 1.54) is 0 Å². The molecular weight excluding hydrogens is 408 g/mol. The minimum Gasteiger partial charge on any atom is -0.494 e. The molecule has 0 amide bonds. The average Bonchev–Trinajstić information content (AvgIpc) is 3.15. The fraction of sp³-hybridized carbons (Fsp3) is 0.542. The fourth-order valence-electron chi connectivity index (χ4n) is 4.30. The molecule has 0 bridgehead atoms. The quantitative estimate of drug-likeness (QED) is 0.562. The molecule has 0 radical (unpaired) electrons. The number of ether oxygens (including phenoxy) is 2. The molecule has 0 unspecified atom stereocenters. The van der Waals surface area contributed by atoms with Gasteiger partial charge in [-0.3, -0.25) is 0 Å². The van der Waals surface area contributed by atoms with E-state index in [4.69, 9.17) is 18.9 Å². The molecule has 32 heavy (non-hydrogen) atoms. The van der Waals surface area contributed by atoms with E-state index in [-0.39, 0.29) is 11.5 Å². The summed E-state index contributed by atoms with van der Waals surface area (Å²) in [5.41, 5.74) is 2.81. The number of fused-ring (bicyclic) bond motifs is 1. The van der Waals surface area contributed by atoms with Crippen LogP contribution in [0.3, 0.4) is 0 Å². The number of aryl methyl sites for hydroxylation is 1. The molecule has 0 spiro atoms. The Morgan fingerprint density at radius 3 is 2.62 bits per heavy atom. The Morgan fingerprint density at radius 2 is 1.97 bits per heavy atom. The summed E-state index contributed by atoms with van der Waals surface area (Å²) in [6.45, 7) is 11.5. The number of aromatic nitrogens is 3. The molecule has 0 saturated heterocycles. The summed E-state index contributed by atoms with van der Waals surface area (Å²) in [5.74, 6) is 1.21. The lowest BCUT2D eigenvalue weighted by Gasteiger charge is -2.42. The van der Waals surface area contributed by atoms with Crippen LogP contribution in [0.2, 0.25) is 0 Å². The van der Waals surface area contributed by atoms with Crippen LogP contribution in [0.1, 0.15) is 51.7 Å². The standard InChI is InChI=1S/C24H32N4O4/c1-7-31-16-9-17-14(2)8-19(26-20(17)18(10-16)23(3,4)5)21-27-28-22(32-21)25-15-11-24(29,12-15)13-30-6/h8-10,15,29H,7,11-13H2,1-6H3,(H,25,28)/t15-,24+. The topological polar surface area (TPSA) is 103 Å². The highest BCUT2D eigenvalue weighted by molar-refractivity contribution is 5.89. The molecule has 1 aromatic carbocycles. The summed E-state index contributed by atoms with van der Waals surface area (Å²) in [4.78, 5) is 4.91. The van der Waals surface area contributed by atoms with Crippen molar-refractivity contribution in [3.63, 3.8) is 0 Å². The second-order valence-corrected chi connectivity index (χ2v) is 9.69. The van der Waals surface area contributed by atoms with Gasteiger partial charge in [-0.2, -0.15) is 0 Å². The van der Waals surface area contributed by atoms with E-state index in [2.05, 4.69) is 49.3 Å². The zero-order chi connectivity index (χ0) is 23.1. The van der Waals surface area contributed by atoms with Crippen molar-refractivity contribution >= 4 is 16.9 Å². The maximum Gasteiger partial charge on any atom is 0.316 e. The third-order valence-corrected chi connectivity index (χ3v) is 5.85. The molecule has 3 aromatic rings. The monoisotopic (exact) mass is 440 g/mol. The fourth-order valence-corrected chi connectivity index (χ4v) is 4.30. The third-order valence-electron chi connectivity index (χ3n) is 5.85. The minimum absolute atomic E-state index is 0.0687. The SMILES string of the molecule is CCOc1cc(C(C)(C)C)c2nc(-c3nnc(N[C@H]4C[C@](O)(COC)C4)o3)cc(C)c2c1. The van der Waals surface area contributed by atoms with Gasteiger partial charge in [-0.1, -0.05) is 25.9 Å².